The minimum atomic E-state index is 0.891. The van der Waals surface area contributed by atoms with Crippen LogP contribution >= 0.6 is 15.9 Å². The van der Waals surface area contributed by atoms with Crippen molar-refractivity contribution < 1.29 is 9.30 Å². The molecule has 0 spiro atoms. The van der Waals surface area contributed by atoms with E-state index >= 15 is 0 Å². The highest BCUT2D eigenvalue weighted by Crippen LogP contribution is 2.37. The Labute approximate surface area is 139 Å². The van der Waals surface area contributed by atoms with Gasteiger partial charge in [-0.15, -0.1) is 0 Å². The third-order valence-electron chi connectivity index (χ3n) is 3.58. The fraction of sp³-hybridized carbons (Fsp3) is 0.105. The van der Waals surface area contributed by atoms with Crippen LogP contribution in [0.25, 0.3) is 22.3 Å². The third kappa shape index (κ3) is 2.90. The Hall–Kier alpha value is -2.13. The molecule has 3 heteroatoms. The first-order valence-corrected chi connectivity index (χ1v) is 7.87. The van der Waals surface area contributed by atoms with E-state index in [0.717, 1.165) is 32.5 Å². The maximum Gasteiger partial charge on any atom is 0.180 e. The third-order valence-corrected chi connectivity index (χ3v) is 4.07. The molecule has 1 aromatic heterocycles. The number of nitrogens with zero attached hydrogens (tertiary/aromatic N) is 1. The van der Waals surface area contributed by atoms with Gasteiger partial charge in [-0.25, -0.2) is 4.57 Å². The van der Waals surface area contributed by atoms with Crippen molar-refractivity contribution in [2.45, 2.75) is 0 Å². The number of aryl methyl sites for hydroxylation is 1. The summed E-state index contributed by atoms with van der Waals surface area (Å²) in [6.45, 7) is 0. The van der Waals surface area contributed by atoms with Gasteiger partial charge in [-0.2, -0.15) is 0 Å². The van der Waals surface area contributed by atoms with E-state index < -0.39 is 0 Å². The number of hydrogen-bond acceptors (Lipinski definition) is 1. The standard InChI is InChI=1S/C19H17BrNO/c1-21-12-17(14-7-4-3-5-8-14)19(22-2)18(13-21)15-9-6-10-16(20)11-15/h3-13H,1-2H3/q+1. The Morgan fingerprint density at radius 1 is 0.864 bits per heavy atom. The highest BCUT2D eigenvalue weighted by Gasteiger charge is 2.18. The molecule has 0 amide bonds. The molecule has 0 aliphatic rings. The van der Waals surface area contributed by atoms with E-state index in [4.69, 9.17) is 4.74 Å². The molecule has 0 radical (unpaired) electrons. The van der Waals surface area contributed by atoms with Crippen LogP contribution in [-0.4, -0.2) is 7.11 Å². The number of rotatable bonds is 3. The topological polar surface area (TPSA) is 13.1 Å². The molecule has 0 aliphatic carbocycles. The predicted molar refractivity (Wildman–Crippen MR) is 92.7 cm³/mol. The van der Waals surface area contributed by atoms with Gasteiger partial charge >= 0.3 is 0 Å². The molecule has 3 aromatic rings. The second kappa shape index (κ2) is 6.32. The van der Waals surface area contributed by atoms with Crippen LogP contribution < -0.4 is 9.30 Å². The molecule has 0 saturated heterocycles. The summed E-state index contributed by atoms with van der Waals surface area (Å²) in [5.74, 6) is 0.891. The van der Waals surface area contributed by atoms with E-state index in [2.05, 4.69) is 57.2 Å². The predicted octanol–water partition coefficient (Wildman–Crippen LogP) is 4.62. The van der Waals surface area contributed by atoms with Gasteiger partial charge in [0.05, 0.1) is 18.2 Å². The smallest absolute Gasteiger partial charge is 0.180 e. The van der Waals surface area contributed by atoms with Crippen molar-refractivity contribution in [3.8, 4) is 28.0 Å². The molecule has 0 saturated carbocycles. The second-order valence-corrected chi connectivity index (χ2v) is 6.08. The Bertz CT molecular complexity index is 800. The van der Waals surface area contributed by atoms with E-state index in [1.165, 1.54) is 0 Å². The average Bonchev–Trinajstić information content (AvgIpc) is 2.55. The van der Waals surface area contributed by atoms with Crippen LogP contribution in [0.2, 0.25) is 0 Å². The first kappa shape index (κ1) is 14.8. The number of pyridine rings is 1. The minimum Gasteiger partial charge on any atom is -0.495 e. The first-order chi connectivity index (χ1) is 10.7. The molecule has 0 bridgehead atoms. The van der Waals surface area contributed by atoms with Crippen LogP contribution in [0.5, 0.6) is 5.75 Å². The highest BCUT2D eigenvalue weighted by molar-refractivity contribution is 9.10. The highest BCUT2D eigenvalue weighted by atomic mass is 79.9. The molecule has 2 aromatic carbocycles. The van der Waals surface area contributed by atoms with Gasteiger partial charge in [0.2, 0.25) is 0 Å². The van der Waals surface area contributed by atoms with E-state index in [1.54, 1.807) is 7.11 Å². The largest absolute Gasteiger partial charge is 0.495 e. The zero-order valence-corrected chi connectivity index (χ0v) is 14.2. The quantitative estimate of drug-likeness (QED) is 0.625. The molecular weight excluding hydrogens is 338 g/mol. The number of halogens is 1. The van der Waals surface area contributed by atoms with Gasteiger partial charge in [-0.3, -0.25) is 0 Å². The maximum atomic E-state index is 5.75. The minimum absolute atomic E-state index is 0.891. The lowest BCUT2D eigenvalue weighted by atomic mass is 10.00. The monoisotopic (exact) mass is 354 g/mol. The van der Waals surface area contributed by atoms with Crippen molar-refractivity contribution in [3.63, 3.8) is 0 Å². The van der Waals surface area contributed by atoms with E-state index in [1.807, 2.05) is 37.4 Å². The Morgan fingerprint density at radius 3 is 2.14 bits per heavy atom. The SMILES string of the molecule is COc1c(-c2ccccc2)c[n+](C)cc1-c1cccc(Br)c1. The summed E-state index contributed by atoms with van der Waals surface area (Å²) in [4.78, 5) is 0. The fourth-order valence-corrected chi connectivity index (χ4v) is 3.01. The molecule has 0 aliphatic heterocycles. The second-order valence-electron chi connectivity index (χ2n) is 5.16. The number of hydrogen-bond donors (Lipinski definition) is 0. The summed E-state index contributed by atoms with van der Waals surface area (Å²) in [6, 6.07) is 18.6. The van der Waals surface area contributed by atoms with E-state index in [-0.39, 0.29) is 0 Å². The molecule has 0 fully saturated rings. The van der Waals surface area contributed by atoms with Gasteiger partial charge in [-0.05, 0) is 23.3 Å². The Morgan fingerprint density at radius 2 is 1.50 bits per heavy atom. The van der Waals surface area contributed by atoms with E-state index in [0.29, 0.717) is 0 Å². The molecular formula is C19H17BrNO+. The van der Waals surface area contributed by atoms with Crippen LogP contribution in [0.15, 0.2) is 71.5 Å². The van der Waals surface area contributed by atoms with Crippen LogP contribution in [0, 0.1) is 0 Å². The van der Waals surface area contributed by atoms with Gasteiger partial charge < -0.3 is 4.74 Å². The van der Waals surface area contributed by atoms with Gasteiger partial charge in [0.15, 0.2) is 12.4 Å². The summed E-state index contributed by atoms with van der Waals surface area (Å²) >= 11 is 3.54. The van der Waals surface area contributed by atoms with Gasteiger partial charge in [0, 0.05) is 4.47 Å². The summed E-state index contributed by atoms with van der Waals surface area (Å²) in [6.07, 6.45) is 4.18. The molecule has 2 nitrogen and oxygen atoms in total. The van der Waals surface area contributed by atoms with Crippen molar-refractivity contribution in [1.82, 2.24) is 0 Å². The van der Waals surface area contributed by atoms with Crippen LogP contribution in [0.3, 0.4) is 0 Å². The summed E-state index contributed by atoms with van der Waals surface area (Å²) in [5, 5.41) is 0. The average molecular weight is 355 g/mol. The molecule has 0 atom stereocenters. The molecule has 1 heterocycles. The lowest BCUT2D eigenvalue weighted by molar-refractivity contribution is -0.670. The van der Waals surface area contributed by atoms with Gasteiger partial charge in [0.25, 0.3) is 0 Å². The van der Waals surface area contributed by atoms with Crippen molar-refractivity contribution in [2.24, 2.45) is 7.05 Å². The zero-order valence-electron chi connectivity index (χ0n) is 12.6. The van der Waals surface area contributed by atoms with Gasteiger partial charge in [0.1, 0.15) is 12.8 Å². The summed E-state index contributed by atoms with van der Waals surface area (Å²) in [5.41, 5.74) is 4.43. The molecule has 0 unspecified atom stereocenters. The zero-order chi connectivity index (χ0) is 15.5. The van der Waals surface area contributed by atoms with E-state index in [9.17, 15) is 0 Å². The lowest BCUT2D eigenvalue weighted by Gasteiger charge is -2.12. The Balaban J connectivity index is 2.26. The van der Waals surface area contributed by atoms with Crippen molar-refractivity contribution in [1.29, 1.82) is 0 Å². The van der Waals surface area contributed by atoms with Crippen molar-refractivity contribution in [3.05, 3.63) is 71.5 Å². The van der Waals surface area contributed by atoms with Gasteiger partial charge in [-0.1, -0.05) is 58.4 Å². The number of methoxy groups -OCH3 is 1. The molecule has 110 valence electrons. The number of benzene rings is 2. The summed E-state index contributed by atoms with van der Waals surface area (Å²) in [7, 11) is 3.76. The Kier molecular flexibility index (Phi) is 4.25. The van der Waals surface area contributed by atoms with Crippen LogP contribution in [-0.2, 0) is 7.05 Å². The number of aromatic nitrogens is 1. The fourth-order valence-electron chi connectivity index (χ4n) is 2.61. The molecule has 22 heavy (non-hydrogen) atoms. The van der Waals surface area contributed by atoms with Crippen LogP contribution in [0.1, 0.15) is 0 Å². The number of ether oxygens (including phenoxy) is 1. The maximum absolute atomic E-state index is 5.75. The van der Waals surface area contributed by atoms with Crippen molar-refractivity contribution in [2.75, 3.05) is 7.11 Å². The lowest BCUT2D eigenvalue weighted by Crippen LogP contribution is -2.27. The van der Waals surface area contributed by atoms with Crippen molar-refractivity contribution >= 4 is 15.9 Å². The van der Waals surface area contributed by atoms with Crippen LogP contribution in [0.4, 0.5) is 0 Å². The molecule has 3 rings (SSSR count). The first-order valence-electron chi connectivity index (χ1n) is 7.07. The summed E-state index contributed by atoms with van der Waals surface area (Å²) < 4.78 is 8.88. The molecule has 0 N–H and O–H groups in total. The normalized spacial score (nSPS) is 10.5.